The molecule has 90 valence electrons. The van der Waals surface area contributed by atoms with Crippen LogP contribution >= 0.6 is 11.8 Å². The van der Waals surface area contributed by atoms with E-state index in [1.165, 1.54) is 44.4 Å². The molecule has 0 radical (unpaired) electrons. The molecule has 0 spiro atoms. The average molecular weight is 229 g/mol. The molecule has 1 aliphatic rings. The standard InChI is InChI=1S/C13H27NS/c1-4-15-13-8-7-12(10-13)14-9-5-6-11(2)3/h11-14H,4-10H2,1-3H3. The molecule has 1 N–H and O–H groups in total. The Balaban J connectivity index is 1.99. The van der Waals surface area contributed by atoms with E-state index in [9.17, 15) is 0 Å². The van der Waals surface area contributed by atoms with Gasteiger partial charge in [-0.2, -0.15) is 11.8 Å². The van der Waals surface area contributed by atoms with Crippen molar-refractivity contribution >= 4 is 11.8 Å². The Hall–Kier alpha value is 0.310. The van der Waals surface area contributed by atoms with Crippen LogP contribution in [0.3, 0.4) is 0 Å². The number of nitrogens with one attached hydrogen (secondary N) is 1. The van der Waals surface area contributed by atoms with Crippen LogP contribution in [-0.4, -0.2) is 23.6 Å². The summed E-state index contributed by atoms with van der Waals surface area (Å²) >= 11 is 2.15. The Kier molecular flexibility index (Phi) is 6.74. The largest absolute Gasteiger partial charge is 0.314 e. The van der Waals surface area contributed by atoms with Gasteiger partial charge in [0.05, 0.1) is 0 Å². The van der Waals surface area contributed by atoms with Gasteiger partial charge in [-0.25, -0.2) is 0 Å². The van der Waals surface area contributed by atoms with E-state index in [2.05, 4.69) is 37.8 Å². The van der Waals surface area contributed by atoms with E-state index >= 15 is 0 Å². The quantitative estimate of drug-likeness (QED) is 0.668. The highest BCUT2D eigenvalue weighted by Crippen LogP contribution is 2.29. The molecule has 0 aliphatic heterocycles. The summed E-state index contributed by atoms with van der Waals surface area (Å²) < 4.78 is 0. The van der Waals surface area contributed by atoms with Crippen molar-refractivity contribution in [2.75, 3.05) is 12.3 Å². The minimum absolute atomic E-state index is 0.821. The average Bonchev–Trinajstić information content (AvgIpc) is 2.61. The first kappa shape index (κ1) is 13.4. The van der Waals surface area contributed by atoms with E-state index in [-0.39, 0.29) is 0 Å². The van der Waals surface area contributed by atoms with E-state index in [0.29, 0.717) is 0 Å². The summed E-state index contributed by atoms with van der Waals surface area (Å²) in [7, 11) is 0. The van der Waals surface area contributed by atoms with Crippen LogP contribution in [0.5, 0.6) is 0 Å². The molecule has 1 saturated carbocycles. The highest BCUT2D eigenvalue weighted by Gasteiger charge is 2.23. The lowest BCUT2D eigenvalue weighted by Gasteiger charge is -2.13. The minimum Gasteiger partial charge on any atom is -0.314 e. The van der Waals surface area contributed by atoms with E-state index in [1.807, 2.05) is 0 Å². The third-order valence-corrected chi connectivity index (χ3v) is 4.41. The predicted molar refractivity (Wildman–Crippen MR) is 71.6 cm³/mol. The molecule has 0 aromatic heterocycles. The molecule has 15 heavy (non-hydrogen) atoms. The smallest absolute Gasteiger partial charge is 0.00779 e. The molecule has 1 fully saturated rings. The van der Waals surface area contributed by atoms with Gasteiger partial charge in [-0.3, -0.25) is 0 Å². The van der Waals surface area contributed by atoms with Crippen molar-refractivity contribution in [1.29, 1.82) is 0 Å². The van der Waals surface area contributed by atoms with Crippen molar-refractivity contribution in [2.45, 2.75) is 64.2 Å². The van der Waals surface area contributed by atoms with Crippen molar-refractivity contribution in [3.63, 3.8) is 0 Å². The lowest BCUT2D eigenvalue weighted by atomic mass is 10.1. The molecule has 0 aromatic rings. The maximum absolute atomic E-state index is 3.71. The zero-order valence-corrected chi connectivity index (χ0v) is 11.4. The number of rotatable bonds is 7. The minimum atomic E-state index is 0.821. The first-order valence-corrected chi connectivity index (χ1v) is 7.62. The Bertz CT molecular complexity index is 159. The molecule has 2 heteroatoms. The lowest BCUT2D eigenvalue weighted by molar-refractivity contribution is 0.477. The van der Waals surface area contributed by atoms with Crippen LogP contribution in [0.25, 0.3) is 0 Å². The third kappa shape index (κ3) is 5.82. The van der Waals surface area contributed by atoms with Crippen LogP contribution in [-0.2, 0) is 0 Å². The van der Waals surface area contributed by atoms with Crippen LogP contribution in [0, 0.1) is 5.92 Å². The molecule has 0 saturated heterocycles. The number of hydrogen-bond acceptors (Lipinski definition) is 2. The van der Waals surface area contributed by atoms with Crippen molar-refractivity contribution < 1.29 is 0 Å². The van der Waals surface area contributed by atoms with Gasteiger partial charge in [-0.15, -0.1) is 0 Å². The molecule has 2 atom stereocenters. The van der Waals surface area contributed by atoms with Crippen LogP contribution in [0.2, 0.25) is 0 Å². The van der Waals surface area contributed by atoms with Crippen LogP contribution in [0.15, 0.2) is 0 Å². The Labute approximate surface area is 99.8 Å². The monoisotopic (exact) mass is 229 g/mol. The number of thioether (sulfide) groups is 1. The normalized spacial score (nSPS) is 26.4. The van der Waals surface area contributed by atoms with Crippen molar-refractivity contribution in [1.82, 2.24) is 5.32 Å². The van der Waals surface area contributed by atoms with E-state index in [4.69, 9.17) is 0 Å². The Morgan fingerprint density at radius 3 is 2.80 bits per heavy atom. The van der Waals surface area contributed by atoms with Crippen molar-refractivity contribution in [3.05, 3.63) is 0 Å². The van der Waals surface area contributed by atoms with Crippen LogP contribution in [0.4, 0.5) is 0 Å². The van der Waals surface area contributed by atoms with E-state index < -0.39 is 0 Å². The van der Waals surface area contributed by atoms with E-state index in [0.717, 1.165) is 17.2 Å². The summed E-state index contributed by atoms with van der Waals surface area (Å²) in [5.41, 5.74) is 0. The molecule has 0 heterocycles. The van der Waals surface area contributed by atoms with Gasteiger partial charge in [-0.1, -0.05) is 20.8 Å². The first-order chi connectivity index (χ1) is 7.22. The maximum atomic E-state index is 3.71. The summed E-state index contributed by atoms with van der Waals surface area (Å²) in [6, 6.07) is 0.821. The second-order valence-corrected chi connectivity index (χ2v) is 6.65. The van der Waals surface area contributed by atoms with Gasteiger partial charge in [0.1, 0.15) is 0 Å². The maximum Gasteiger partial charge on any atom is 0.00779 e. The predicted octanol–water partition coefficient (Wildman–Crippen LogP) is 3.69. The summed E-state index contributed by atoms with van der Waals surface area (Å²) in [5, 5.41) is 4.65. The topological polar surface area (TPSA) is 12.0 Å². The first-order valence-electron chi connectivity index (χ1n) is 6.57. The van der Waals surface area contributed by atoms with Gasteiger partial charge in [0.15, 0.2) is 0 Å². The fraction of sp³-hybridized carbons (Fsp3) is 1.00. The number of hydrogen-bond donors (Lipinski definition) is 1. The van der Waals surface area contributed by atoms with Crippen molar-refractivity contribution in [3.8, 4) is 0 Å². The summed E-state index contributed by atoms with van der Waals surface area (Å²) in [4.78, 5) is 0. The zero-order valence-electron chi connectivity index (χ0n) is 10.6. The van der Waals surface area contributed by atoms with Gasteiger partial charge >= 0.3 is 0 Å². The Morgan fingerprint density at radius 1 is 1.33 bits per heavy atom. The summed E-state index contributed by atoms with van der Waals surface area (Å²) in [5.74, 6) is 2.14. The second kappa shape index (κ2) is 7.56. The molecule has 0 aromatic carbocycles. The molecule has 0 amide bonds. The van der Waals surface area contributed by atoms with Gasteiger partial charge in [0.2, 0.25) is 0 Å². The lowest BCUT2D eigenvalue weighted by Crippen LogP contribution is -2.27. The third-order valence-electron chi connectivity index (χ3n) is 3.18. The van der Waals surface area contributed by atoms with Crippen LogP contribution in [0.1, 0.15) is 52.9 Å². The van der Waals surface area contributed by atoms with Crippen molar-refractivity contribution in [2.24, 2.45) is 5.92 Å². The van der Waals surface area contributed by atoms with E-state index in [1.54, 1.807) is 0 Å². The molecule has 2 unspecified atom stereocenters. The molecular formula is C13H27NS. The molecule has 1 nitrogen and oxygen atoms in total. The highest BCUT2D eigenvalue weighted by molar-refractivity contribution is 7.99. The SMILES string of the molecule is CCSC1CCC(NCCCC(C)C)C1. The molecular weight excluding hydrogens is 202 g/mol. The highest BCUT2D eigenvalue weighted by atomic mass is 32.2. The van der Waals surface area contributed by atoms with Gasteiger partial charge in [-0.05, 0) is 50.3 Å². The van der Waals surface area contributed by atoms with Gasteiger partial charge in [0, 0.05) is 11.3 Å². The Morgan fingerprint density at radius 2 is 2.13 bits per heavy atom. The molecule has 1 rings (SSSR count). The fourth-order valence-electron chi connectivity index (χ4n) is 2.33. The van der Waals surface area contributed by atoms with Gasteiger partial charge < -0.3 is 5.32 Å². The summed E-state index contributed by atoms with van der Waals surface area (Å²) in [6.07, 6.45) is 6.95. The van der Waals surface area contributed by atoms with Crippen LogP contribution < -0.4 is 5.32 Å². The summed E-state index contributed by atoms with van der Waals surface area (Å²) in [6.45, 7) is 8.12. The molecule has 0 bridgehead atoms. The molecule has 1 aliphatic carbocycles. The zero-order chi connectivity index (χ0) is 11.1. The second-order valence-electron chi connectivity index (χ2n) is 5.08. The fourth-order valence-corrected chi connectivity index (χ4v) is 3.47. The van der Waals surface area contributed by atoms with Gasteiger partial charge in [0.25, 0.3) is 0 Å².